The van der Waals surface area contributed by atoms with E-state index in [1.807, 2.05) is 6.07 Å². The SMILES string of the molecule is CC1CN(Cc2ccc(C3=NOC(c4cc(C#N)co4)N3)c3ccccc23)C1. The number of oxime groups is 1. The molecule has 3 aromatic rings. The number of furan rings is 1. The highest BCUT2D eigenvalue weighted by Crippen LogP contribution is 2.29. The number of hydrogen-bond acceptors (Lipinski definition) is 6. The monoisotopic (exact) mass is 372 g/mol. The van der Waals surface area contributed by atoms with Crippen molar-refractivity contribution in [2.45, 2.75) is 19.7 Å². The van der Waals surface area contributed by atoms with Crippen molar-refractivity contribution in [2.75, 3.05) is 13.1 Å². The van der Waals surface area contributed by atoms with Crippen LogP contribution in [0.4, 0.5) is 0 Å². The van der Waals surface area contributed by atoms with Crippen LogP contribution < -0.4 is 5.32 Å². The number of nitrogens with one attached hydrogen (secondary N) is 1. The zero-order valence-corrected chi connectivity index (χ0v) is 15.6. The minimum absolute atomic E-state index is 0.462. The van der Waals surface area contributed by atoms with Crippen LogP contribution in [0.3, 0.4) is 0 Å². The Morgan fingerprint density at radius 3 is 2.79 bits per heavy atom. The molecule has 3 heterocycles. The maximum Gasteiger partial charge on any atom is 0.257 e. The van der Waals surface area contributed by atoms with Crippen molar-refractivity contribution in [3.8, 4) is 6.07 Å². The van der Waals surface area contributed by atoms with Gasteiger partial charge in [-0.25, -0.2) is 0 Å². The number of amidine groups is 1. The highest BCUT2D eigenvalue weighted by Gasteiger charge is 2.27. The van der Waals surface area contributed by atoms with Crippen molar-refractivity contribution < 1.29 is 9.25 Å². The summed E-state index contributed by atoms with van der Waals surface area (Å²) >= 11 is 0. The third-order valence-corrected chi connectivity index (χ3v) is 5.33. The van der Waals surface area contributed by atoms with Crippen LogP contribution >= 0.6 is 0 Å². The van der Waals surface area contributed by atoms with E-state index in [9.17, 15) is 0 Å². The Balaban J connectivity index is 1.43. The summed E-state index contributed by atoms with van der Waals surface area (Å²) in [4.78, 5) is 7.98. The number of likely N-dealkylation sites (tertiary alicyclic amines) is 1. The van der Waals surface area contributed by atoms with Crippen molar-refractivity contribution >= 4 is 16.6 Å². The number of fused-ring (bicyclic) bond motifs is 1. The van der Waals surface area contributed by atoms with E-state index < -0.39 is 6.23 Å². The standard InChI is InChI=1S/C22H20N4O2/c1-14-10-26(11-14)12-16-6-7-19(18-5-3-2-4-17(16)18)21-24-22(28-25-21)20-8-15(9-23)13-27-20/h2-8,13-14,22H,10-12H2,1H3,(H,24,25). The second kappa shape index (κ2) is 6.70. The van der Waals surface area contributed by atoms with Crippen LogP contribution in [-0.2, 0) is 11.4 Å². The number of hydrogen-bond donors (Lipinski definition) is 1. The lowest BCUT2D eigenvalue weighted by molar-refractivity contribution is 0.0561. The number of benzene rings is 2. The fourth-order valence-electron chi connectivity index (χ4n) is 3.99. The molecule has 0 bridgehead atoms. The van der Waals surface area contributed by atoms with Gasteiger partial charge in [0, 0.05) is 31.3 Å². The molecular weight excluding hydrogens is 352 g/mol. The van der Waals surface area contributed by atoms with Gasteiger partial charge in [0.1, 0.15) is 12.3 Å². The highest BCUT2D eigenvalue weighted by atomic mass is 16.7. The van der Waals surface area contributed by atoms with Crippen molar-refractivity contribution in [3.63, 3.8) is 0 Å². The molecule has 1 aromatic heterocycles. The zero-order chi connectivity index (χ0) is 19.1. The molecule has 0 amide bonds. The van der Waals surface area contributed by atoms with Crippen LogP contribution in [0.1, 0.15) is 35.6 Å². The summed E-state index contributed by atoms with van der Waals surface area (Å²) in [5, 5.41) is 18.8. The molecule has 1 unspecified atom stereocenters. The average Bonchev–Trinajstić information content (AvgIpc) is 3.36. The van der Waals surface area contributed by atoms with Gasteiger partial charge in [-0.05, 0) is 22.3 Å². The Bertz CT molecular complexity index is 1110. The first-order valence-electron chi connectivity index (χ1n) is 9.43. The molecule has 140 valence electrons. The average molecular weight is 372 g/mol. The second-order valence-electron chi connectivity index (χ2n) is 7.54. The topological polar surface area (TPSA) is 73.8 Å². The van der Waals surface area contributed by atoms with E-state index in [0.717, 1.165) is 36.5 Å². The van der Waals surface area contributed by atoms with E-state index in [0.29, 0.717) is 17.2 Å². The summed E-state index contributed by atoms with van der Waals surface area (Å²) in [6, 6.07) is 16.4. The van der Waals surface area contributed by atoms with Gasteiger partial charge in [-0.1, -0.05) is 48.5 Å². The summed E-state index contributed by atoms with van der Waals surface area (Å²) in [7, 11) is 0. The molecule has 1 N–H and O–H groups in total. The Morgan fingerprint density at radius 2 is 2.04 bits per heavy atom. The van der Waals surface area contributed by atoms with Gasteiger partial charge >= 0.3 is 0 Å². The molecular formula is C22H20N4O2. The van der Waals surface area contributed by atoms with Crippen LogP contribution in [0, 0.1) is 17.2 Å². The van der Waals surface area contributed by atoms with Crippen LogP contribution in [0.5, 0.6) is 0 Å². The normalized spacial score (nSPS) is 19.6. The Morgan fingerprint density at radius 1 is 1.21 bits per heavy atom. The van der Waals surface area contributed by atoms with E-state index >= 15 is 0 Å². The molecule has 0 saturated carbocycles. The predicted octanol–water partition coefficient (Wildman–Crippen LogP) is 3.74. The van der Waals surface area contributed by atoms with E-state index in [-0.39, 0.29) is 0 Å². The highest BCUT2D eigenvalue weighted by molar-refractivity contribution is 6.10. The Kier molecular flexibility index (Phi) is 4.03. The molecule has 1 fully saturated rings. The lowest BCUT2D eigenvalue weighted by Crippen LogP contribution is -2.44. The fourth-order valence-corrected chi connectivity index (χ4v) is 3.99. The molecule has 2 aromatic carbocycles. The van der Waals surface area contributed by atoms with Crippen molar-refractivity contribution in [1.82, 2.24) is 10.2 Å². The maximum absolute atomic E-state index is 8.96. The summed E-state index contributed by atoms with van der Waals surface area (Å²) in [6.07, 6.45) is 0.886. The Hall–Kier alpha value is -3.30. The van der Waals surface area contributed by atoms with Gasteiger partial charge in [0.05, 0.1) is 5.56 Å². The first-order valence-corrected chi connectivity index (χ1v) is 9.43. The van der Waals surface area contributed by atoms with Gasteiger partial charge in [-0.3, -0.25) is 4.90 Å². The Labute approximate surface area is 163 Å². The molecule has 6 heteroatoms. The van der Waals surface area contributed by atoms with Crippen molar-refractivity contribution in [3.05, 3.63) is 71.2 Å². The van der Waals surface area contributed by atoms with Crippen LogP contribution in [-0.4, -0.2) is 23.8 Å². The molecule has 2 aliphatic heterocycles. The first kappa shape index (κ1) is 16.8. The third-order valence-electron chi connectivity index (χ3n) is 5.33. The van der Waals surface area contributed by atoms with E-state index in [4.69, 9.17) is 14.5 Å². The van der Waals surface area contributed by atoms with Crippen molar-refractivity contribution in [1.29, 1.82) is 5.26 Å². The molecule has 1 atom stereocenters. The molecule has 28 heavy (non-hydrogen) atoms. The number of rotatable bonds is 4. The molecule has 0 aliphatic carbocycles. The lowest BCUT2D eigenvalue weighted by atomic mass is 9.96. The number of nitriles is 1. The molecule has 6 nitrogen and oxygen atoms in total. The summed E-state index contributed by atoms with van der Waals surface area (Å²) in [5.74, 6) is 1.99. The van der Waals surface area contributed by atoms with Gasteiger partial charge in [-0.15, -0.1) is 0 Å². The quantitative estimate of drug-likeness (QED) is 0.755. The predicted molar refractivity (Wildman–Crippen MR) is 105 cm³/mol. The maximum atomic E-state index is 8.96. The largest absolute Gasteiger partial charge is 0.462 e. The smallest absolute Gasteiger partial charge is 0.257 e. The van der Waals surface area contributed by atoms with Gasteiger partial charge < -0.3 is 14.6 Å². The molecule has 5 rings (SSSR count). The van der Waals surface area contributed by atoms with Crippen LogP contribution in [0.25, 0.3) is 10.8 Å². The number of nitrogens with zero attached hydrogens (tertiary/aromatic N) is 3. The summed E-state index contributed by atoms with van der Waals surface area (Å²) < 4.78 is 5.41. The minimum Gasteiger partial charge on any atom is -0.462 e. The lowest BCUT2D eigenvalue weighted by Gasteiger charge is -2.37. The fraction of sp³-hybridized carbons (Fsp3) is 0.273. The minimum atomic E-state index is -0.530. The van der Waals surface area contributed by atoms with Gasteiger partial charge in [-0.2, -0.15) is 5.26 Å². The van der Waals surface area contributed by atoms with E-state index in [2.05, 4.69) is 58.7 Å². The summed E-state index contributed by atoms with van der Waals surface area (Å²) in [6.45, 7) is 5.57. The molecule has 0 spiro atoms. The van der Waals surface area contributed by atoms with E-state index in [1.54, 1.807) is 6.07 Å². The van der Waals surface area contributed by atoms with Crippen LogP contribution in [0.2, 0.25) is 0 Å². The zero-order valence-electron chi connectivity index (χ0n) is 15.6. The molecule has 0 radical (unpaired) electrons. The molecule has 1 saturated heterocycles. The van der Waals surface area contributed by atoms with Gasteiger partial charge in [0.25, 0.3) is 6.23 Å². The third kappa shape index (κ3) is 2.90. The van der Waals surface area contributed by atoms with Gasteiger partial charge in [0.15, 0.2) is 11.6 Å². The van der Waals surface area contributed by atoms with Crippen LogP contribution in [0.15, 0.2) is 58.3 Å². The van der Waals surface area contributed by atoms with Crippen molar-refractivity contribution in [2.24, 2.45) is 11.1 Å². The summed E-state index contributed by atoms with van der Waals surface area (Å²) in [5.41, 5.74) is 2.78. The van der Waals surface area contributed by atoms with E-state index in [1.165, 1.54) is 17.2 Å². The first-order chi connectivity index (χ1) is 13.7. The van der Waals surface area contributed by atoms with Gasteiger partial charge in [0.2, 0.25) is 0 Å². The second-order valence-corrected chi connectivity index (χ2v) is 7.54. The molecule has 2 aliphatic rings.